The Balaban J connectivity index is 1.64. The largest absolute Gasteiger partial charge is 0.481 e. The highest BCUT2D eigenvalue weighted by Crippen LogP contribution is 2.13. The molecular formula is C18H19N5O2. The Morgan fingerprint density at radius 2 is 1.84 bits per heavy atom. The van der Waals surface area contributed by atoms with E-state index in [1.54, 1.807) is 36.1 Å². The summed E-state index contributed by atoms with van der Waals surface area (Å²) in [6, 6.07) is 11.1. The van der Waals surface area contributed by atoms with E-state index >= 15 is 0 Å². The molecule has 7 heteroatoms. The number of ether oxygens (including phenoxy) is 1. The minimum Gasteiger partial charge on any atom is -0.481 e. The third kappa shape index (κ3) is 4.00. The highest BCUT2D eigenvalue weighted by atomic mass is 16.5. The van der Waals surface area contributed by atoms with Gasteiger partial charge >= 0.3 is 0 Å². The zero-order valence-electron chi connectivity index (χ0n) is 14.3. The fourth-order valence-corrected chi connectivity index (χ4v) is 2.33. The first-order valence-electron chi connectivity index (χ1n) is 7.91. The smallest absolute Gasteiger partial charge is 0.265 e. The lowest BCUT2D eigenvalue weighted by Crippen LogP contribution is -2.30. The summed E-state index contributed by atoms with van der Waals surface area (Å²) in [5.41, 5.74) is 2.34. The lowest BCUT2D eigenvalue weighted by Gasteiger charge is -2.14. The van der Waals surface area contributed by atoms with Gasteiger partial charge in [0.1, 0.15) is 5.75 Å². The number of rotatable bonds is 5. The summed E-state index contributed by atoms with van der Waals surface area (Å²) in [5, 5.41) is 7.07. The van der Waals surface area contributed by atoms with Crippen molar-refractivity contribution in [2.45, 2.75) is 26.9 Å². The van der Waals surface area contributed by atoms with Crippen LogP contribution in [0.2, 0.25) is 0 Å². The van der Waals surface area contributed by atoms with Gasteiger partial charge in [-0.3, -0.25) is 4.79 Å². The Morgan fingerprint density at radius 3 is 2.44 bits per heavy atom. The van der Waals surface area contributed by atoms with Crippen LogP contribution in [-0.2, 0) is 4.79 Å². The molecule has 0 spiro atoms. The summed E-state index contributed by atoms with van der Waals surface area (Å²) < 4.78 is 7.25. The van der Waals surface area contributed by atoms with E-state index in [2.05, 4.69) is 20.4 Å². The molecule has 0 unspecified atom stereocenters. The van der Waals surface area contributed by atoms with Gasteiger partial charge in [-0.15, -0.1) is 0 Å². The molecular weight excluding hydrogens is 318 g/mol. The number of nitrogens with one attached hydrogen (secondary N) is 1. The number of aryl methyl sites for hydroxylation is 2. The number of hydrogen-bond acceptors (Lipinski definition) is 5. The number of benzene rings is 1. The third-order valence-corrected chi connectivity index (χ3v) is 3.53. The fourth-order valence-electron chi connectivity index (χ4n) is 2.33. The molecule has 0 radical (unpaired) electrons. The van der Waals surface area contributed by atoms with E-state index in [1.165, 1.54) is 0 Å². The van der Waals surface area contributed by atoms with Crippen LogP contribution in [0.4, 0.5) is 5.69 Å². The summed E-state index contributed by atoms with van der Waals surface area (Å²) >= 11 is 0. The van der Waals surface area contributed by atoms with E-state index in [1.807, 2.05) is 38.1 Å². The van der Waals surface area contributed by atoms with Crippen molar-refractivity contribution >= 4 is 11.6 Å². The van der Waals surface area contributed by atoms with E-state index in [4.69, 9.17) is 4.74 Å². The van der Waals surface area contributed by atoms with Gasteiger partial charge in [0.2, 0.25) is 0 Å². The third-order valence-electron chi connectivity index (χ3n) is 3.53. The predicted molar refractivity (Wildman–Crippen MR) is 93.8 cm³/mol. The number of carbonyl (C=O) groups is 1. The number of amides is 1. The summed E-state index contributed by atoms with van der Waals surface area (Å²) in [5.74, 6) is 0.824. The number of aromatic nitrogens is 4. The van der Waals surface area contributed by atoms with Gasteiger partial charge in [0.05, 0.1) is 23.8 Å². The lowest BCUT2D eigenvalue weighted by atomic mass is 10.3. The van der Waals surface area contributed by atoms with Gasteiger partial charge in [-0.25, -0.2) is 14.6 Å². The van der Waals surface area contributed by atoms with Gasteiger partial charge in [0.25, 0.3) is 11.9 Å². The summed E-state index contributed by atoms with van der Waals surface area (Å²) in [4.78, 5) is 20.7. The summed E-state index contributed by atoms with van der Waals surface area (Å²) in [7, 11) is 0. The molecule has 0 bridgehead atoms. The Hall–Kier alpha value is -3.22. The maximum atomic E-state index is 12.2. The van der Waals surface area contributed by atoms with E-state index in [-0.39, 0.29) is 5.91 Å². The molecule has 2 aromatic heterocycles. The van der Waals surface area contributed by atoms with Crippen molar-refractivity contribution < 1.29 is 9.53 Å². The minimum absolute atomic E-state index is 0.272. The molecule has 3 aromatic rings. The van der Waals surface area contributed by atoms with E-state index in [0.717, 1.165) is 11.4 Å². The van der Waals surface area contributed by atoms with Crippen molar-refractivity contribution in [2.75, 3.05) is 5.32 Å². The Bertz CT molecular complexity index is 859. The molecule has 0 aliphatic heterocycles. The second kappa shape index (κ2) is 7.12. The average molecular weight is 337 g/mol. The first-order chi connectivity index (χ1) is 12.0. The van der Waals surface area contributed by atoms with Gasteiger partial charge in [0, 0.05) is 5.69 Å². The van der Waals surface area contributed by atoms with Gasteiger partial charge in [-0.2, -0.15) is 5.10 Å². The Labute approximate surface area is 145 Å². The normalized spacial score (nSPS) is 11.8. The minimum atomic E-state index is -0.641. The van der Waals surface area contributed by atoms with Crippen molar-refractivity contribution in [3.8, 4) is 11.7 Å². The molecule has 0 saturated heterocycles. The van der Waals surface area contributed by atoms with E-state index in [0.29, 0.717) is 17.4 Å². The Morgan fingerprint density at radius 1 is 1.16 bits per heavy atom. The molecule has 3 rings (SSSR count). The van der Waals surface area contributed by atoms with Crippen LogP contribution in [0.25, 0.3) is 5.95 Å². The zero-order chi connectivity index (χ0) is 17.8. The van der Waals surface area contributed by atoms with Crippen LogP contribution in [0, 0.1) is 13.8 Å². The first kappa shape index (κ1) is 16.6. The van der Waals surface area contributed by atoms with E-state index in [9.17, 15) is 4.79 Å². The molecule has 25 heavy (non-hydrogen) atoms. The molecule has 0 fully saturated rings. The molecule has 1 aromatic carbocycles. The van der Waals surface area contributed by atoms with Crippen LogP contribution >= 0.6 is 0 Å². The van der Waals surface area contributed by atoms with Gasteiger partial charge in [0.15, 0.2) is 6.10 Å². The average Bonchev–Trinajstić information content (AvgIpc) is 2.95. The monoisotopic (exact) mass is 337 g/mol. The highest BCUT2D eigenvalue weighted by molar-refractivity contribution is 5.93. The SMILES string of the molecule is Cc1cc(C)n(-c2ncc(NC(=O)[C@H](C)Oc3ccccc3)cn2)n1. The fraction of sp³-hybridized carbons (Fsp3) is 0.222. The quantitative estimate of drug-likeness (QED) is 0.774. The molecule has 1 atom stereocenters. The van der Waals surface area contributed by atoms with Crippen molar-refractivity contribution in [3.05, 3.63) is 60.2 Å². The Kier molecular flexibility index (Phi) is 4.74. The molecule has 7 nitrogen and oxygen atoms in total. The van der Waals surface area contributed by atoms with Crippen LogP contribution in [0.3, 0.4) is 0 Å². The van der Waals surface area contributed by atoms with Crippen molar-refractivity contribution in [3.63, 3.8) is 0 Å². The van der Waals surface area contributed by atoms with Crippen LogP contribution in [0.1, 0.15) is 18.3 Å². The molecule has 2 heterocycles. The van der Waals surface area contributed by atoms with Crippen LogP contribution < -0.4 is 10.1 Å². The topological polar surface area (TPSA) is 81.9 Å². The maximum Gasteiger partial charge on any atom is 0.265 e. The summed E-state index contributed by atoms with van der Waals surface area (Å²) in [6.07, 6.45) is 2.45. The number of nitrogens with zero attached hydrogens (tertiary/aromatic N) is 4. The van der Waals surface area contributed by atoms with Gasteiger partial charge in [-0.1, -0.05) is 18.2 Å². The molecule has 1 N–H and O–H groups in total. The van der Waals surface area contributed by atoms with Gasteiger partial charge < -0.3 is 10.1 Å². The number of carbonyl (C=O) groups excluding carboxylic acids is 1. The second-order valence-corrected chi connectivity index (χ2v) is 5.67. The van der Waals surface area contributed by atoms with Crippen molar-refractivity contribution in [2.24, 2.45) is 0 Å². The van der Waals surface area contributed by atoms with Crippen LogP contribution in [-0.4, -0.2) is 31.8 Å². The second-order valence-electron chi connectivity index (χ2n) is 5.67. The number of para-hydroxylation sites is 1. The van der Waals surface area contributed by atoms with Crippen molar-refractivity contribution in [1.82, 2.24) is 19.7 Å². The molecule has 128 valence electrons. The highest BCUT2D eigenvalue weighted by Gasteiger charge is 2.15. The zero-order valence-corrected chi connectivity index (χ0v) is 14.3. The number of anilines is 1. The molecule has 1 amide bonds. The summed E-state index contributed by atoms with van der Waals surface area (Å²) in [6.45, 7) is 5.53. The van der Waals surface area contributed by atoms with Crippen molar-refractivity contribution in [1.29, 1.82) is 0 Å². The maximum absolute atomic E-state index is 12.2. The van der Waals surface area contributed by atoms with Crippen LogP contribution in [0.5, 0.6) is 5.75 Å². The van der Waals surface area contributed by atoms with Crippen LogP contribution in [0.15, 0.2) is 48.8 Å². The molecule has 0 aliphatic carbocycles. The first-order valence-corrected chi connectivity index (χ1v) is 7.91. The lowest BCUT2D eigenvalue weighted by molar-refractivity contribution is -0.122. The standard InChI is InChI=1S/C18H19N5O2/c1-12-9-13(2)23(22-12)18-19-10-15(11-20-18)21-17(24)14(3)25-16-7-5-4-6-8-16/h4-11,14H,1-3H3,(H,21,24)/t14-/m0/s1. The number of hydrogen-bond donors (Lipinski definition) is 1. The molecule has 0 aliphatic rings. The predicted octanol–water partition coefficient (Wildman–Crippen LogP) is 2.69. The molecule has 0 saturated carbocycles. The van der Waals surface area contributed by atoms with E-state index < -0.39 is 6.10 Å². The van der Waals surface area contributed by atoms with Gasteiger partial charge in [-0.05, 0) is 39.0 Å².